The number of carbonyl (C=O) groups excluding carboxylic acids is 2. The molecule has 0 aromatic heterocycles. The summed E-state index contributed by atoms with van der Waals surface area (Å²) in [6.45, 7) is 1.20. The molecule has 1 aliphatic heterocycles. The zero-order chi connectivity index (χ0) is 26.4. The number of amides is 2. The number of benzene rings is 2. The number of halogens is 4. The first-order valence-electron chi connectivity index (χ1n) is 12.9. The number of rotatable bonds is 10. The first-order chi connectivity index (χ1) is 17.7. The second kappa shape index (κ2) is 12.2. The van der Waals surface area contributed by atoms with Crippen LogP contribution in [-0.4, -0.2) is 48.6 Å². The van der Waals surface area contributed by atoms with E-state index in [2.05, 4.69) is 5.32 Å². The molecule has 1 atom stereocenters. The highest BCUT2D eigenvalue weighted by atomic mass is 35.5. The summed E-state index contributed by atoms with van der Waals surface area (Å²) in [5.41, 5.74) is 0.427. The van der Waals surface area contributed by atoms with Gasteiger partial charge in [0.05, 0.1) is 17.2 Å². The number of hydrogen-bond donors (Lipinski definition) is 1. The average Bonchev–Trinajstić information content (AvgIpc) is 3.68. The van der Waals surface area contributed by atoms with Crippen LogP contribution in [0.3, 0.4) is 0 Å². The van der Waals surface area contributed by atoms with Gasteiger partial charge in [-0.25, -0.2) is 0 Å². The molecule has 37 heavy (non-hydrogen) atoms. The SMILES string of the molecule is O=C(NC1CC1)c1ccc(OCCCCC2CCN(C(=O)[C@H](c3ccccc3)C(F)(F)F)CC2)cc1Cl. The molecule has 2 amide bonds. The molecule has 0 bridgehead atoms. The zero-order valence-corrected chi connectivity index (χ0v) is 21.4. The molecule has 0 spiro atoms. The summed E-state index contributed by atoms with van der Waals surface area (Å²) in [5.74, 6) is -2.15. The van der Waals surface area contributed by atoms with Crippen molar-refractivity contribution in [3.05, 3.63) is 64.7 Å². The van der Waals surface area contributed by atoms with Crippen molar-refractivity contribution in [1.29, 1.82) is 0 Å². The van der Waals surface area contributed by atoms with Crippen LogP contribution in [0.2, 0.25) is 5.02 Å². The van der Waals surface area contributed by atoms with Gasteiger partial charge in [-0.05, 0) is 68.2 Å². The molecular formula is C28H32ClF3N2O3. The van der Waals surface area contributed by atoms with E-state index >= 15 is 0 Å². The highest BCUT2D eigenvalue weighted by molar-refractivity contribution is 6.34. The Balaban J connectivity index is 1.16. The van der Waals surface area contributed by atoms with Gasteiger partial charge in [0.2, 0.25) is 5.91 Å². The number of hydrogen-bond acceptors (Lipinski definition) is 3. The lowest BCUT2D eigenvalue weighted by Gasteiger charge is -2.35. The standard InChI is InChI=1S/C28H32ClF3N2O3/c29-24-18-22(11-12-23(24)26(35)33-21-9-10-21)37-17-5-4-6-19-13-15-34(16-14-19)27(36)25(28(30,31)32)20-7-2-1-3-8-20/h1-3,7-8,11-12,18-19,21,25H,4-6,9-10,13-17H2,(H,33,35)/t25-/m0/s1. The molecule has 2 aliphatic rings. The molecule has 5 nitrogen and oxygen atoms in total. The van der Waals surface area contributed by atoms with Crippen molar-refractivity contribution in [3.8, 4) is 5.75 Å². The summed E-state index contributed by atoms with van der Waals surface area (Å²) >= 11 is 6.25. The van der Waals surface area contributed by atoms with Gasteiger partial charge in [-0.2, -0.15) is 13.2 Å². The topological polar surface area (TPSA) is 58.6 Å². The Bertz CT molecular complexity index is 1070. The quantitative estimate of drug-likeness (QED) is 0.359. The Morgan fingerprint density at radius 2 is 1.73 bits per heavy atom. The molecule has 1 saturated carbocycles. The molecule has 0 unspecified atom stereocenters. The number of carbonyl (C=O) groups is 2. The molecule has 200 valence electrons. The summed E-state index contributed by atoms with van der Waals surface area (Å²) in [5, 5.41) is 3.27. The van der Waals surface area contributed by atoms with Crippen molar-refractivity contribution in [1.82, 2.24) is 10.2 Å². The third-order valence-electron chi connectivity index (χ3n) is 7.01. The number of ether oxygens (including phenoxy) is 1. The van der Waals surface area contributed by atoms with E-state index in [0.717, 1.165) is 32.1 Å². The predicted octanol–water partition coefficient (Wildman–Crippen LogP) is 6.37. The minimum absolute atomic E-state index is 0.0143. The second-order valence-electron chi connectivity index (χ2n) is 9.89. The molecule has 0 radical (unpaired) electrons. The van der Waals surface area contributed by atoms with Crippen LogP contribution in [-0.2, 0) is 4.79 Å². The molecule has 1 heterocycles. The van der Waals surface area contributed by atoms with Gasteiger partial charge in [0.1, 0.15) is 5.75 Å². The minimum atomic E-state index is -4.62. The van der Waals surface area contributed by atoms with Gasteiger partial charge in [0.25, 0.3) is 5.91 Å². The Hall–Kier alpha value is -2.74. The number of unbranched alkanes of at least 4 members (excludes halogenated alkanes) is 1. The van der Waals surface area contributed by atoms with Crippen molar-refractivity contribution in [2.24, 2.45) is 5.92 Å². The highest BCUT2D eigenvalue weighted by Gasteiger charge is 2.47. The molecule has 2 aromatic rings. The summed E-state index contributed by atoms with van der Waals surface area (Å²) in [6.07, 6.45) is 1.48. The Morgan fingerprint density at radius 1 is 1.03 bits per heavy atom. The van der Waals surface area contributed by atoms with Crippen LogP contribution in [0.4, 0.5) is 13.2 Å². The third kappa shape index (κ3) is 7.63. The van der Waals surface area contributed by atoms with Gasteiger partial charge in [-0.1, -0.05) is 48.4 Å². The van der Waals surface area contributed by atoms with Crippen molar-refractivity contribution in [3.63, 3.8) is 0 Å². The highest BCUT2D eigenvalue weighted by Crippen LogP contribution is 2.37. The van der Waals surface area contributed by atoms with E-state index in [1.807, 2.05) is 0 Å². The first kappa shape index (κ1) is 27.3. The maximum absolute atomic E-state index is 13.7. The number of nitrogens with one attached hydrogen (secondary N) is 1. The smallest absolute Gasteiger partial charge is 0.404 e. The Labute approximate surface area is 220 Å². The van der Waals surface area contributed by atoms with Crippen molar-refractivity contribution >= 4 is 23.4 Å². The van der Waals surface area contributed by atoms with Gasteiger partial charge in [0.15, 0.2) is 5.92 Å². The predicted molar refractivity (Wildman–Crippen MR) is 136 cm³/mol. The maximum atomic E-state index is 13.7. The fourth-order valence-electron chi connectivity index (χ4n) is 4.73. The van der Waals surface area contributed by atoms with Crippen molar-refractivity contribution in [2.75, 3.05) is 19.7 Å². The third-order valence-corrected chi connectivity index (χ3v) is 7.32. The monoisotopic (exact) mass is 536 g/mol. The first-order valence-corrected chi connectivity index (χ1v) is 13.2. The van der Waals surface area contributed by atoms with Crippen LogP contribution in [0.1, 0.15) is 66.8 Å². The van der Waals surface area contributed by atoms with Crippen LogP contribution in [0.25, 0.3) is 0 Å². The normalized spacial score (nSPS) is 17.4. The summed E-state index contributed by atoms with van der Waals surface area (Å²) in [7, 11) is 0. The molecule has 1 N–H and O–H groups in total. The van der Waals surface area contributed by atoms with Crippen molar-refractivity contribution in [2.45, 2.75) is 63.1 Å². The second-order valence-corrected chi connectivity index (χ2v) is 10.3. The van der Waals surface area contributed by atoms with Crippen LogP contribution in [0.5, 0.6) is 5.75 Å². The lowest BCUT2D eigenvalue weighted by molar-refractivity contribution is -0.172. The van der Waals surface area contributed by atoms with E-state index in [-0.39, 0.29) is 17.5 Å². The Morgan fingerprint density at radius 3 is 2.35 bits per heavy atom. The van der Waals surface area contributed by atoms with Crippen LogP contribution in [0.15, 0.2) is 48.5 Å². The van der Waals surface area contributed by atoms with Gasteiger partial charge in [-0.3, -0.25) is 9.59 Å². The van der Waals surface area contributed by atoms with Gasteiger partial charge in [-0.15, -0.1) is 0 Å². The molecule has 1 saturated heterocycles. The van der Waals surface area contributed by atoms with E-state index < -0.39 is 18.0 Å². The summed E-state index contributed by atoms with van der Waals surface area (Å²) < 4.78 is 46.8. The molecule has 2 aromatic carbocycles. The fourth-order valence-corrected chi connectivity index (χ4v) is 4.98. The number of alkyl halides is 3. The lowest BCUT2D eigenvalue weighted by Crippen LogP contribution is -2.44. The molecule has 4 rings (SSSR count). The largest absolute Gasteiger partial charge is 0.494 e. The minimum Gasteiger partial charge on any atom is -0.494 e. The van der Waals surface area contributed by atoms with Gasteiger partial charge < -0.3 is 15.0 Å². The van der Waals surface area contributed by atoms with E-state index in [0.29, 0.717) is 54.8 Å². The number of nitrogens with zero attached hydrogens (tertiary/aromatic N) is 1. The zero-order valence-electron chi connectivity index (χ0n) is 20.6. The lowest BCUT2D eigenvalue weighted by atomic mass is 9.90. The van der Waals surface area contributed by atoms with Crippen LogP contribution >= 0.6 is 11.6 Å². The summed E-state index contributed by atoms with van der Waals surface area (Å²) in [4.78, 5) is 26.3. The van der Waals surface area contributed by atoms with E-state index in [1.54, 1.807) is 24.3 Å². The van der Waals surface area contributed by atoms with Crippen LogP contribution < -0.4 is 10.1 Å². The van der Waals surface area contributed by atoms with Crippen molar-refractivity contribution < 1.29 is 27.5 Å². The molecule has 2 fully saturated rings. The van der Waals surface area contributed by atoms with Gasteiger partial charge in [0, 0.05) is 19.1 Å². The Kier molecular flexibility index (Phi) is 9.00. The van der Waals surface area contributed by atoms with Gasteiger partial charge >= 0.3 is 6.18 Å². The average molecular weight is 537 g/mol. The van der Waals surface area contributed by atoms with Crippen LogP contribution in [0, 0.1) is 5.92 Å². The number of likely N-dealkylation sites (tertiary alicyclic amines) is 1. The fraction of sp³-hybridized carbons (Fsp3) is 0.500. The molecule has 9 heteroatoms. The maximum Gasteiger partial charge on any atom is 0.404 e. The van der Waals surface area contributed by atoms with E-state index in [1.165, 1.54) is 29.2 Å². The van der Waals surface area contributed by atoms with E-state index in [9.17, 15) is 22.8 Å². The van der Waals surface area contributed by atoms with E-state index in [4.69, 9.17) is 16.3 Å². The summed E-state index contributed by atoms with van der Waals surface area (Å²) in [6, 6.07) is 12.7. The molecular weight excluding hydrogens is 505 g/mol. The number of piperidine rings is 1. The molecule has 1 aliphatic carbocycles.